The van der Waals surface area contributed by atoms with Crippen LogP contribution >= 0.6 is 11.6 Å². The average Bonchev–Trinajstić information content (AvgIpc) is 2.27. The minimum absolute atomic E-state index is 0.0327. The predicted molar refractivity (Wildman–Crippen MR) is 63.2 cm³/mol. The van der Waals surface area contributed by atoms with E-state index in [1.807, 2.05) is 6.92 Å². The summed E-state index contributed by atoms with van der Waals surface area (Å²) in [4.78, 5) is 13.0. The van der Waals surface area contributed by atoms with Crippen molar-refractivity contribution in [3.05, 3.63) is 29.0 Å². The molecule has 1 aromatic rings. The molecule has 1 N–H and O–H groups in total. The van der Waals surface area contributed by atoms with E-state index in [9.17, 15) is 9.18 Å². The number of likely N-dealkylation sites (N-methyl/N-ethyl adjacent to an activating group) is 1. The van der Waals surface area contributed by atoms with Gasteiger partial charge in [-0.25, -0.2) is 4.39 Å². The summed E-state index contributed by atoms with van der Waals surface area (Å²) in [6.45, 7) is 2.52. The second-order valence-electron chi connectivity index (χ2n) is 3.36. The van der Waals surface area contributed by atoms with Crippen LogP contribution < -0.4 is 5.32 Å². The van der Waals surface area contributed by atoms with Crippen LogP contribution in [0.3, 0.4) is 0 Å². The number of hydrogen-bond donors (Lipinski definition) is 1. The maximum atomic E-state index is 13.3. The molecule has 0 radical (unpaired) electrons. The van der Waals surface area contributed by atoms with Gasteiger partial charge in [-0.3, -0.25) is 4.79 Å². The third-order valence-electron chi connectivity index (χ3n) is 2.28. The molecule has 0 fully saturated rings. The molecule has 1 amide bonds. The van der Waals surface area contributed by atoms with Crippen molar-refractivity contribution in [3.8, 4) is 0 Å². The Morgan fingerprint density at radius 1 is 1.56 bits per heavy atom. The van der Waals surface area contributed by atoms with Gasteiger partial charge in [0, 0.05) is 13.6 Å². The van der Waals surface area contributed by atoms with E-state index in [1.54, 1.807) is 18.0 Å². The molecule has 88 valence electrons. The summed E-state index contributed by atoms with van der Waals surface area (Å²) in [6, 6.07) is 4.38. The summed E-state index contributed by atoms with van der Waals surface area (Å²) in [5.74, 6) is -0.568. The fourth-order valence-electron chi connectivity index (χ4n) is 1.14. The van der Waals surface area contributed by atoms with Crippen LogP contribution in [0.2, 0.25) is 5.02 Å². The topological polar surface area (TPSA) is 32.3 Å². The van der Waals surface area contributed by atoms with Crippen molar-refractivity contribution in [1.29, 1.82) is 0 Å². The summed E-state index contributed by atoms with van der Waals surface area (Å²) in [5, 5.41) is 2.97. The van der Waals surface area contributed by atoms with E-state index in [1.165, 1.54) is 12.1 Å². The van der Waals surface area contributed by atoms with Gasteiger partial charge in [0.05, 0.1) is 17.3 Å². The lowest BCUT2D eigenvalue weighted by molar-refractivity contribution is -0.127. The predicted octanol–water partition coefficient (Wildman–Crippen LogP) is 2.37. The first-order valence-corrected chi connectivity index (χ1v) is 5.36. The van der Waals surface area contributed by atoms with E-state index in [0.29, 0.717) is 6.54 Å². The van der Waals surface area contributed by atoms with Crippen molar-refractivity contribution in [3.63, 3.8) is 0 Å². The van der Waals surface area contributed by atoms with Crippen LogP contribution in [0.4, 0.5) is 10.1 Å². The number of nitrogens with one attached hydrogen (secondary N) is 1. The first kappa shape index (κ1) is 12.8. The van der Waals surface area contributed by atoms with Crippen molar-refractivity contribution in [2.75, 3.05) is 25.5 Å². The Bertz CT molecular complexity index is 364. The quantitative estimate of drug-likeness (QED) is 0.882. The maximum Gasteiger partial charge on any atom is 0.241 e. The fourth-order valence-corrected chi connectivity index (χ4v) is 1.37. The molecule has 16 heavy (non-hydrogen) atoms. The molecule has 0 aliphatic rings. The molecule has 0 saturated carbocycles. The molecule has 5 heteroatoms. The zero-order chi connectivity index (χ0) is 12.1. The van der Waals surface area contributed by atoms with Gasteiger partial charge in [-0.1, -0.05) is 17.7 Å². The summed E-state index contributed by atoms with van der Waals surface area (Å²) in [7, 11) is 1.69. The highest BCUT2D eigenvalue weighted by molar-refractivity contribution is 6.33. The number of carbonyl (C=O) groups excluding carboxylic acids is 1. The van der Waals surface area contributed by atoms with Gasteiger partial charge in [-0.2, -0.15) is 0 Å². The molecule has 0 bridgehead atoms. The normalized spacial score (nSPS) is 10.0. The second-order valence-corrected chi connectivity index (χ2v) is 3.77. The Labute approximate surface area is 99.2 Å². The monoisotopic (exact) mass is 244 g/mol. The van der Waals surface area contributed by atoms with E-state index < -0.39 is 5.82 Å². The van der Waals surface area contributed by atoms with Crippen LogP contribution in [-0.2, 0) is 4.79 Å². The summed E-state index contributed by atoms with van der Waals surface area (Å²) in [6.07, 6.45) is 0. The lowest BCUT2D eigenvalue weighted by Crippen LogP contribution is -2.32. The van der Waals surface area contributed by atoms with Crippen molar-refractivity contribution < 1.29 is 9.18 Å². The highest BCUT2D eigenvalue weighted by Crippen LogP contribution is 2.24. The van der Waals surface area contributed by atoms with Gasteiger partial charge in [0.15, 0.2) is 0 Å². The zero-order valence-electron chi connectivity index (χ0n) is 9.26. The molecule has 3 nitrogen and oxygen atoms in total. The van der Waals surface area contributed by atoms with Crippen molar-refractivity contribution in [1.82, 2.24) is 4.90 Å². The van der Waals surface area contributed by atoms with Gasteiger partial charge < -0.3 is 10.2 Å². The number of rotatable bonds is 4. The van der Waals surface area contributed by atoms with E-state index >= 15 is 0 Å². The highest BCUT2D eigenvalue weighted by atomic mass is 35.5. The van der Waals surface area contributed by atoms with Crippen LogP contribution in [0.15, 0.2) is 18.2 Å². The standard InChI is InChI=1S/C11H14ClFN2O/c1-3-15(2)10(16)7-14-11-8(12)5-4-6-9(11)13/h4-6,14H,3,7H2,1-2H3. The van der Waals surface area contributed by atoms with Crippen molar-refractivity contribution in [2.24, 2.45) is 0 Å². The first-order chi connectivity index (χ1) is 7.56. The number of halogens is 2. The third-order valence-corrected chi connectivity index (χ3v) is 2.59. The molecule has 0 heterocycles. The fraction of sp³-hybridized carbons (Fsp3) is 0.364. The zero-order valence-corrected chi connectivity index (χ0v) is 10.0. The van der Waals surface area contributed by atoms with Crippen molar-refractivity contribution in [2.45, 2.75) is 6.92 Å². The molecule has 0 aromatic heterocycles. The largest absolute Gasteiger partial charge is 0.373 e. The van der Waals surface area contributed by atoms with Crippen molar-refractivity contribution >= 4 is 23.2 Å². The average molecular weight is 245 g/mol. The molecule has 0 spiro atoms. The van der Waals surface area contributed by atoms with E-state index in [2.05, 4.69) is 5.32 Å². The number of hydrogen-bond acceptors (Lipinski definition) is 2. The molecule has 0 saturated heterocycles. The molecule has 1 aromatic carbocycles. The number of nitrogens with zero attached hydrogens (tertiary/aromatic N) is 1. The minimum atomic E-state index is -0.459. The van der Waals surface area contributed by atoms with Crippen LogP contribution in [0.25, 0.3) is 0 Å². The SMILES string of the molecule is CCN(C)C(=O)CNc1c(F)cccc1Cl. The van der Waals surface area contributed by atoms with Crippen LogP contribution in [0.1, 0.15) is 6.92 Å². The molecule has 1 rings (SSSR count). The maximum absolute atomic E-state index is 13.3. The van der Waals surface area contributed by atoms with Gasteiger partial charge >= 0.3 is 0 Å². The molecule has 0 atom stereocenters. The summed E-state index contributed by atoms with van der Waals surface area (Å²) in [5.41, 5.74) is 0.169. The smallest absolute Gasteiger partial charge is 0.241 e. The molecule has 0 unspecified atom stereocenters. The number of benzene rings is 1. The lowest BCUT2D eigenvalue weighted by atomic mass is 10.3. The summed E-state index contributed by atoms with van der Waals surface area (Å²) >= 11 is 5.80. The van der Waals surface area contributed by atoms with Gasteiger partial charge in [-0.15, -0.1) is 0 Å². The Hall–Kier alpha value is -1.29. The highest BCUT2D eigenvalue weighted by Gasteiger charge is 2.10. The van der Waals surface area contributed by atoms with Crippen LogP contribution in [0.5, 0.6) is 0 Å². The Balaban J connectivity index is 2.65. The van der Waals surface area contributed by atoms with Gasteiger partial charge in [-0.05, 0) is 19.1 Å². The second kappa shape index (κ2) is 5.70. The first-order valence-electron chi connectivity index (χ1n) is 4.98. The van der Waals surface area contributed by atoms with Crippen LogP contribution in [-0.4, -0.2) is 30.9 Å². The molecular formula is C11H14ClFN2O. The Morgan fingerprint density at radius 2 is 2.25 bits per heavy atom. The van der Waals surface area contributed by atoms with E-state index in [4.69, 9.17) is 11.6 Å². The number of carbonyl (C=O) groups is 1. The lowest BCUT2D eigenvalue weighted by Gasteiger charge is -2.15. The minimum Gasteiger partial charge on any atom is -0.373 e. The van der Waals surface area contributed by atoms with E-state index in [0.717, 1.165) is 0 Å². The Morgan fingerprint density at radius 3 is 2.81 bits per heavy atom. The van der Waals surface area contributed by atoms with E-state index in [-0.39, 0.29) is 23.2 Å². The number of anilines is 1. The number of amides is 1. The molecule has 0 aliphatic carbocycles. The van der Waals surface area contributed by atoms with Crippen LogP contribution in [0, 0.1) is 5.82 Å². The van der Waals surface area contributed by atoms with Gasteiger partial charge in [0.1, 0.15) is 5.82 Å². The van der Waals surface area contributed by atoms with Gasteiger partial charge in [0.2, 0.25) is 5.91 Å². The number of para-hydroxylation sites is 1. The van der Waals surface area contributed by atoms with Gasteiger partial charge in [0.25, 0.3) is 0 Å². The summed E-state index contributed by atoms with van der Waals surface area (Å²) < 4.78 is 13.3. The molecule has 0 aliphatic heterocycles. The third kappa shape index (κ3) is 3.10. The molecular weight excluding hydrogens is 231 g/mol. The Kier molecular flexibility index (Phi) is 4.55.